The number of rotatable bonds is 9. The molecule has 0 saturated carbocycles. The number of nitrogen functional groups attached to an aromatic ring is 2. The van der Waals surface area contributed by atoms with Crippen LogP contribution in [0.15, 0.2) is 53.3 Å². The Morgan fingerprint density at radius 3 is 2.56 bits per heavy atom. The molecule has 0 radical (unpaired) electrons. The number of amidine groups is 1. The molecule has 0 bridgehead atoms. The molecule has 1 heterocycles. The van der Waals surface area contributed by atoms with Gasteiger partial charge in [-0.05, 0) is 17.7 Å². The summed E-state index contributed by atoms with van der Waals surface area (Å²) in [7, 11) is 1.76. The van der Waals surface area contributed by atoms with Crippen LogP contribution in [0.1, 0.15) is 18.1 Å². The van der Waals surface area contributed by atoms with E-state index in [0.717, 1.165) is 5.56 Å². The number of hydrazine groups is 1. The molecule has 3 aromatic rings. The number of carbonyl (C=O) groups is 1. The van der Waals surface area contributed by atoms with Crippen LogP contribution in [0, 0.1) is 5.41 Å². The van der Waals surface area contributed by atoms with E-state index in [1.165, 1.54) is 4.57 Å². The molecule has 0 aliphatic rings. The normalized spacial score (nSPS) is 10.8. The van der Waals surface area contributed by atoms with Crippen molar-refractivity contribution in [1.82, 2.24) is 19.9 Å². The highest BCUT2D eigenvalue weighted by molar-refractivity contribution is 6.32. The zero-order chi connectivity index (χ0) is 24.8. The number of aromatic nitrogens is 2. The SMILES string of the molecule is CCN(C)Nc1nc(Cl)c(-c2cccc(N)c2)n(CC(=O)NCc2ccc(C(=N)N)cc2)c1=O. The highest BCUT2D eigenvalue weighted by Crippen LogP contribution is 2.27. The number of amides is 1. The van der Waals surface area contributed by atoms with Crippen LogP contribution in [0.5, 0.6) is 0 Å². The Bertz CT molecular complexity index is 1260. The molecule has 0 aliphatic carbocycles. The third-order valence-corrected chi connectivity index (χ3v) is 5.37. The first-order chi connectivity index (χ1) is 16.2. The number of hydrogen-bond donors (Lipinski definition) is 5. The number of halogens is 1. The number of benzene rings is 2. The molecule has 11 heteroatoms. The summed E-state index contributed by atoms with van der Waals surface area (Å²) in [6, 6.07) is 13.8. The second-order valence-electron chi connectivity index (χ2n) is 7.63. The maximum Gasteiger partial charge on any atom is 0.295 e. The second-order valence-corrected chi connectivity index (χ2v) is 7.99. The lowest BCUT2D eigenvalue weighted by atomic mass is 10.1. The monoisotopic (exact) mass is 482 g/mol. The van der Waals surface area contributed by atoms with Gasteiger partial charge in [0.05, 0.1) is 5.69 Å². The molecule has 178 valence electrons. The number of carbonyl (C=O) groups excluding carboxylic acids is 1. The van der Waals surface area contributed by atoms with Crippen molar-refractivity contribution in [2.24, 2.45) is 5.73 Å². The van der Waals surface area contributed by atoms with Crippen molar-refractivity contribution in [3.63, 3.8) is 0 Å². The maximum atomic E-state index is 13.3. The molecular weight excluding hydrogens is 456 g/mol. The average Bonchev–Trinajstić information content (AvgIpc) is 2.81. The predicted molar refractivity (Wildman–Crippen MR) is 135 cm³/mol. The Morgan fingerprint density at radius 2 is 1.94 bits per heavy atom. The van der Waals surface area contributed by atoms with Crippen LogP contribution in [0.2, 0.25) is 5.15 Å². The molecule has 34 heavy (non-hydrogen) atoms. The molecule has 0 atom stereocenters. The number of nitrogens with zero attached hydrogens (tertiary/aromatic N) is 3. The number of nitrogens with one attached hydrogen (secondary N) is 3. The Hall–Kier alpha value is -3.89. The molecule has 1 aromatic heterocycles. The van der Waals surface area contributed by atoms with Gasteiger partial charge in [-0.25, -0.2) is 9.99 Å². The fraction of sp³-hybridized carbons (Fsp3) is 0.217. The Morgan fingerprint density at radius 1 is 1.24 bits per heavy atom. The molecule has 0 fully saturated rings. The molecule has 10 nitrogen and oxygen atoms in total. The first-order valence-electron chi connectivity index (χ1n) is 10.5. The van der Waals surface area contributed by atoms with E-state index in [2.05, 4.69) is 15.7 Å². The van der Waals surface area contributed by atoms with Gasteiger partial charge >= 0.3 is 0 Å². The van der Waals surface area contributed by atoms with E-state index in [1.807, 2.05) is 6.92 Å². The van der Waals surface area contributed by atoms with Crippen molar-refractivity contribution >= 4 is 34.8 Å². The summed E-state index contributed by atoms with van der Waals surface area (Å²) in [5.41, 5.74) is 16.6. The Balaban J connectivity index is 1.91. The maximum absolute atomic E-state index is 13.3. The van der Waals surface area contributed by atoms with Crippen LogP contribution < -0.4 is 27.8 Å². The first kappa shape index (κ1) is 24.7. The second kappa shape index (κ2) is 10.8. The molecule has 3 rings (SSSR count). The van der Waals surface area contributed by atoms with Gasteiger partial charge in [0.25, 0.3) is 5.56 Å². The van der Waals surface area contributed by atoms with E-state index in [4.69, 9.17) is 28.5 Å². The minimum atomic E-state index is -0.497. The van der Waals surface area contributed by atoms with Crippen molar-refractivity contribution in [1.29, 1.82) is 5.41 Å². The van der Waals surface area contributed by atoms with Gasteiger partial charge in [0.2, 0.25) is 11.7 Å². The van der Waals surface area contributed by atoms with E-state index in [1.54, 1.807) is 60.6 Å². The lowest BCUT2D eigenvalue weighted by Crippen LogP contribution is -2.37. The van der Waals surface area contributed by atoms with Gasteiger partial charge < -0.3 is 16.8 Å². The van der Waals surface area contributed by atoms with Crippen molar-refractivity contribution in [2.75, 3.05) is 24.8 Å². The van der Waals surface area contributed by atoms with Gasteiger partial charge in [-0.1, -0.05) is 54.9 Å². The van der Waals surface area contributed by atoms with E-state index in [0.29, 0.717) is 29.1 Å². The number of anilines is 2. The minimum Gasteiger partial charge on any atom is -0.399 e. The van der Waals surface area contributed by atoms with Crippen LogP contribution in [-0.2, 0) is 17.9 Å². The predicted octanol–water partition coefficient (Wildman–Crippen LogP) is 2.02. The summed E-state index contributed by atoms with van der Waals surface area (Å²) >= 11 is 6.49. The van der Waals surface area contributed by atoms with E-state index in [9.17, 15) is 9.59 Å². The molecule has 0 spiro atoms. The zero-order valence-corrected chi connectivity index (χ0v) is 19.7. The smallest absolute Gasteiger partial charge is 0.295 e. The van der Waals surface area contributed by atoms with Gasteiger partial charge in [0.15, 0.2) is 5.15 Å². The number of nitrogens with two attached hydrogens (primary N) is 2. The summed E-state index contributed by atoms with van der Waals surface area (Å²) in [6.45, 7) is 2.48. The largest absolute Gasteiger partial charge is 0.399 e. The highest BCUT2D eigenvalue weighted by Gasteiger charge is 2.20. The zero-order valence-electron chi connectivity index (χ0n) is 18.9. The average molecular weight is 483 g/mol. The van der Waals surface area contributed by atoms with Gasteiger partial charge in [0.1, 0.15) is 12.4 Å². The van der Waals surface area contributed by atoms with Gasteiger partial charge in [0, 0.05) is 37.0 Å². The Labute approximate surface area is 202 Å². The molecule has 0 saturated heterocycles. The first-order valence-corrected chi connectivity index (χ1v) is 10.9. The standard InChI is InChI=1S/C23H27ClN8O2/c1-3-31(2)30-22-23(34)32(19(20(24)29-22)16-5-4-6-17(25)11-16)13-18(33)28-12-14-7-9-15(10-8-14)21(26)27/h4-11H,3,12-13,25H2,1-2H3,(H3,26,27)(H,28,33)(H,29,30). The molecule has 7 N–H and O–H groups in total. The van der Waals surface area contributed by atoms with E-state index >= 15 is 0 Å². The van der Waals surface area contributed by atoms with Crippen molar-refractivity contribution < 1.29 is 4.79 Å². The van der Waals surface area contributed by atoms with Gasteiger partial charge in [-0.3, -0.25) is 25.0 Å². The van der Waals surface area contributed by atoms with Crippen LogP contribution in [0.25, 0.3) is 11.3 Å². The highest BCUT2D eigenvalue weighted by atomic mass is 35.5. The van der Waals surface area contributed by atoms with E-state index < -0.39 is 5.56 Å². The van der Waals surface area contributed by atoms with Crippen LogP contribution in [0.4, 0.5) is 11.5 Å². The molecular formula is C23H27ClN8O2. The summed E-state index contributed by atoms with van der Waals surface area (Å²) in [4.78, 5) is 30.3. The van der Waals surface area contributed by atoms with Gasteiger partial charge in [-0.15, -0.1) is 0 Å². The van der Waals surface area contributed by atoms with Crippen molar-refractivity contribution in [3.8, 4) is 11.3 Å². The quantitative estimate of drug-likeness (QED) is 0.135. The summed E-state index contributed by atoms with van der Waals surface area (Å²) in [5.74, 6) is -0.411. The van der Waals surface area contributed by atoms with E-state index in [-0.39, 0.29) is 35.8 Å². The van der Waals surface area contributed by atoms with Gasteiger partial charge in [-0.2, -0.15) is 0 Å². The third-order valence-electron chi connectivity index (χ3n) is 5.11. The van der Waals surface area contributed by atoms with Crippen LogP contribution in [-0.4, -0.2) is 39.9 Å². The molecule has 2 aromatic carbocycles. The van der Waals surface area contributed by atoms with Crippen molar-refractivity contribution in [3.05, 3.63) is 75.2 Å². The lowest BCUT2D eigenvalue weighted by Gasteiger charge is -2.20. The fourth-order valence-electron chi connectivity index (χ4n) is 3.19. The van der Waals surface area contributed by atoms with Crippen LogP contribution in [0.3, 0.4) is 0 Å². The topological polar surface area (TPSA) is 155 Å². The van der Waals surface area contributed by atoms with Crippen LogP contribution >= 0.6 is 11.6 Å². The Kier molecular flexibility index (Phi) is 7.87. The minimum absolute atomic E-state index is 0.00891. The third kappa shape index (κ3) is 5.91. The molecule has 1 amide bonds. The molecule has 0 aliphatic heterocycles. The number of hydrogen-bond acceptors (Lipinski definition) is 7. The summed E-state index contributed by atoms with van der Waals surface area (Å²) in [5, 5.41) is 12.0. The summed E-state index contributed by atoms with van der Waals surface area (Å²) in [6.07, 6.45) is 0. The summed E-state index contributed by atoms with van der Waals surface area (Å²) < 4.78 is 1.28. The molecule has 0 unspecified atom stereocenters. The van der Waals surface area contributed by atoms with Crippen molar-refractivity contribution in [2.45, 2.75) is 20.0 Å². The fourth-order valence-corrected chi connectivity index (χ4v) is 3.48. The lowest BCUT2D eigenvalue weighted by molar-refractivity contribution is -0.121.